The molecule has 0 saturated carbocycles. The smallest absolute Gasteiger partial charge is 0.261 e. The van der Waals surface area contributed by atoms with E-state index < -0.39 is 12.1 Å². The lowest BCUT2D eigenvalue weighted by Crippen LogP contribution is -2.43. The van der Waals surface area contributed by atoms with E-state index in [2.05, 4.69) is 10.6 Å². The van der Waals surface area contributed by atoms with E-state index in [4.69, 9.17) is 4.98 Å². The first-order chi connectivity index (χ1) is 20.9. The maximum Gasteiger partial charge on any atom is 0.261 e. The molecule has 3 aliphatic rings. The van der Waals surface area contributed by atoms with E-state index in [0.717, 1.165) is 45.3 Å². The number of nitrogens with zero attached hydrogens (tertiary/aromatic N) is 3. The summed E-state index contributed by atoms with van der Waals surface area (Å²) < 4.78 is 0. The van der Waals surface area contributed by atoms with E-state index in [0.29, 0.717) is 30.9 Å². The van der Waals surface area contributed by atoms with Crippen LogP contribution in [0.15, 0.2) is 77.0 Å². The van der Waals surface area contributed by atoms with Gasteiger partial charge in [-0.3, -0.25) is 19.2 Å². The van der Waals surface area contributed by atoms with Crippen molar-refractivity contribution in [2.75, 3.05) is 29.5 Å². The molecule has 2 N–H and O–H groups in total. The van der Waals surface area contributed by atoms with Crippen LogP contribution in [0.3, 0.4) is 0 Å². The fraction of sp³-hybridized carbons (Fsp3) is 0.281. The second-order valence-corrected chi connectivity index (χ2v) is 12.6. The summed E-state index contributed by atoms with van der Waals surface area (Å²) in [6, 6.07) is 14.0. The van der Waals surface area contributed by atoms with Crippen LogP contribution in [0.4, 0.5) is 11.4 Å². The molecule has 0 radical (unpaired) electrons. The summed E-state index contributed by atoms with van der Waals surface area (Å²) in [5.41, 5.74) is 3.99. The van der Waals surface area contributed by atoms with E-state index in [1.165, 1.54) is 18.3 Å². The van der Waals surface area contributed by atoms with Crippen LogP contribution in [0.5, 0.6) is 0 Å². The van der Waals surface area contributed by atoms with Gasteiger partial charge in [-0.05, 0) is 55.7 Å². The summed E-state index contributed by atoms with van der Waals surface area (Å²) in [6.07, 6.45) is 7.96. The number of nitrogens with one attached hydrogen (secondary N) is 2. The highest BCUT2D eigenvalue weighted by molar-refractivity contribution is 8.04. The first-order valence-electron chi connectivity index (χ1n) is 14.2. The molecule has 3 aliphatic heterocycles. The fourth-order valence-electron chi connectivity index (χ4n) is 5.48. The summed E-state index contributed by atoms with van der Waals surface area (Å²) in [5.74, 6) is 0.328. The van der Waals surface area contributed by atoms with Gasteiger partial charge >= 0.3 is 0 Å². The van der Waals surface area contributed by atoms with E-state index >= 15 is 0 Å². The zero-order valence-electron chi connectivity index (χ0n) is 23.6. The Balaban J connectivity index is 1.06. The molecule has 0 bridgehead atoms. The van der Waals surface area contributed by atoms with Gasteiger partial charge < -0.3 is 20.4 Å². The highest BCUT2D eigenvalue weighted by atomic mass is 32.2. The van der Waals surface area contributed by atoms with Crippen molar-refractivity contribution in [2.24, 2.45) is 0 Å². The van der Waals surface area contributed by atoms with Crippen molar-refractivity contribution in [3.63, 3.8) is 0 Å². The van der Waals surface area contributed by atoms with Crippen molar-refractivity contribution in [3.8, 4) is 21.8 Å². The second-order valence-electron chi connectivity index (χ2n) is 10.6. The molecule has 2 atom stereocenters. The molecule has 11 heteroatoms. The number of thioether (sulfide) groups is 1. The van der Waals surface area contributed by atoms with Crippen molar-refractivity contribution in [1.82, 2.24) is 14.8 Å². The van der Waals surface area contributed by atoms with Gasteiger partial charge in [-0.1, -0.05) is 30.4 Å². The minimum atomic E-state index is -0.631. The minimum Gasteiger partial charge on any atom is -0.331 e. The van der Waals surface area contributed by atoms with Gasteiger partial charge in [0, 0.05) is 53.6 Å². The summed E-state index contributed by atoms with van der Waals surface area (Å²) in [4.78, 5) is 59.1. The van der Waals surface area contributed by atoms with Crippen LogP contribution in [-0.4, -0.2) is 69.3 Å². The monoisotopic (exact) mass is 613 g/mol. The number of allylic oxidation sites excluding steroid dienone is 1. The normalized spacial score (nSPS) is 19.4. The van der Waals surface area contributed by atoms with Gasteiger partial charge in [-0.15, -0.1) is 23.1 Å². The molecular weight excluding hydrogens is 583 g/mol. The third-order valence-corrected chi connectivity index (χ3v) is 9.70. The predicted molar refractivity (Wildman–Crippen MR) is 170 cm³/mol. The Labute approximate surface area is 258 Å². The minimum absolute atomic E-state index is 0.0789. The number of thiazole rings is 1. The zero-order valence-corrected chi connectivity index (χ0v) is 25.2. The summed E-state index contributed by atoms with van der Waals surface area (Å²) >= 11 is 3.06. The largest absolute Gasteiger partial charge is 0.331 e. The number of anilines is 2. The lowest BCUT2D eigenvalue weighted by molar-refractivity contribution is -0.134. The van der Waals surface area contributed by atoms with Gasteiger partial charge in [-0.2, -0.15) is 0 Å². The van der Waals surface area contributed by atoms with Gasteiger partial charge in [0.05, 0.1) is 10.6 Å². The molecule has 6 rings (SSSR count). The number of likely N-dealkylation sites (tertiary alicyclic amines) is 1. The molecule has 1 aromatic heterocycles. The maximum absolute atomic E-state index is 13.0. The van der Waals surface area contributed by atoms with E-state index in [-0.39, 0.29) is 23.6 Å². The molecule has 4 heterocycles. The van der Waals surface area contributed by atoms with E-state index in [1.807, 2.05) is 66.1 Å². The standard InChI is InChI=1S/C32H31N5O4S2/c1-20(38)36-16-2-5-26(36)29(39)33-24-14-10-22(11-15-24)31-35-25(19-43-31)21-8-12-23(13-9-21)34-30(40)27-6-3-17-37(27)32(41)28-7-4-18-42-28/h3,6-15,19,26-27H,2,4-5,16-18H2,1H3,(H,33,39)(H,34,40)/t26-,27-/m0/s1. The molecule has 0 spiro atoms. The van der Waals surface area contributed by atoms with Crippen LogP contribution in [-0.2, 0) is 19.2 Å². The molecule has 0 unspecified atom stereocenters. The number of carbonyl (C=O) groups is 4. The summed E-state index contributed by atoms with van der Waals surface area (Å²) in [6.45, 7) is 2.54. The zero-order chi connectivity index (χ0) is 29.9. The molecule has 1 fully saturated rings. The van der Waals surface area contributed by atoms with Crippen LogP contribution < -0.4 is 10.6 Å². The summed E-state index contributed by atoms with van der Waals surface area (Å²) in [5, 5.41) is 8.69. The van der Waals surface area contributed by atoms with Crippen molar-refractivity contribution in [3.05, 3.63) is 77.0 Å². The maximum atomic E-state index is 13.0. The fourth-order valence-corrected chi connectivity index (χ4v) is 7.25. The molecule has 4 amide bonds. The number of rotatable bonds is 7. The molecule has 1 saturated heterocycles. The highest BCUT2D eigenvalue weighted by Crippen LogP contribution is 2.31. The molecule has 3 aromatic rings. The lowest BCUT2D eigenvalue weighted by Gasteiger charge is -2.24. The Bertz CT molecular complexity index is 1610. The molecule has 2 aromatic carbocycles. The number of amides is 4. The Kier molecular flexibility index (Phi) is 8.44. The SMILES string of the molecule is CC(=O)N1CCC[C@H]1C(=O)Nc1ccc(-c2nc(-c3ccc(NC(=O)[C@@H]4C=CCN4C(=O)C4=CCCS4)cc3)cs2)cc1. The van der Waals surface area contributed by atoms with Crippen molar-refractivity contribution < 1.29 is 19.2 Å². The average Bonchev–Trinajstić information content (AvgIpc) is 3.84. The van der Waals surface area contributed by atoms with Crippen LogP contribution in [0.25, 0.3) is 21.8 Å². The van der Waals surface area contributed by atoms with Gasteiger partial charge in [0.25, 0.3) is 11.8 Å². The van der Waals surface area contributed by atoms with E-state index in [9.17, 15) is 19.2 Å². The number of hydrogen-bond donors (Lipinski definition) is 2. The van der Waals surface area contributed by atoms with Crippen LogP contribution >= 0.6 is 23.1 Å². The molecule has 9 nitrogen and oxygen atoms in total. The number of hydrogen-bond acceptors (Lipinski definition) is 7. The predicted octanol–water partition coefficient (Wildman–Crippen LogP) is 5.15. The molecular formula is C32H31N5O4S2. The van der Waals surface area contributed by atoms with Crippen molar-refractivity contribution in [1.29, 1.82) is 0 Å². The summed E-state index contributed by atoms with van der Waals surface area (Å²) in [7, 11) is 0. The molecule has 43 heavy (non-hydrogen) atoms. The number of benzene rings is 2. The Morgan fingerprint density at radius 1 is 0.907 bits per heavy atom. The quantitative estimate of drug-likeness (QED) is 0.357. The first-order valence-corrected chi connectivity index (χ1v) is 16.1. The third-order valence-electron chi connectivity index (χ3n) is 7.71. The van der Waals surface area contributed by atoms with Crippen molar-refractivity contribution in [2.45, 2.75) is 38.3 Å². The van der Waals surface area contributed by atoms with Crippen LogP contribution in [0.2, 0.25) is 0 Å². The van der Waals surface area contributed by atoms with Crippen LogP contribution in [0, 0.1) is 0 Å². The van der Waals surface area contributed by atoms with Gasteiger partial charge in [-0.25, -0.2) is 4.98 Å². The Hall–Kier alpha value is -4.22. The average molecular weight is 614 g/mol. The first kappa shape index (κ1) is 28.9. The Morgan fingerprint density at radius 2 is 1.60 bits per heavy atom. The van der Waals surface area contributed by atoms with Crippen molar-refractivity contribution >= 4 is 58.1 Å². The lowest BCUT2D eigenvalue weighted by atomic mass is 10.1. The van der Waals surface area contributed by atoms with Gasteiger partial charge in [0.1, 0.15) is 17.1 Å². The van der Waals surface area contributed by atoms with E-state index in [1.54, 1.807) is 27.6 Å². The number of aromatic nitrogens is 1. The van der Waals surface area contributed by atoms with Gasteiger partial charge in [0.15, 0.2) is 0 Å². The second kappa shape index (κ2) is 12.6. The van der Waals surface area contributed by atoms with Crippen LogP contribution in [0.1, 0.15) is 26.2 Å². The topological polar surface area (TPSA) is 112 Å². The Morgan fingerprint density at radius 3 is 2.28 bits per heavy atom. The third kappa shape index (κ3) is 6.28. The highest BCUT2D eigenvalue weighted by Gasteiger charge is 2.33. The molecule has 0 aliphatic carbocycles. The van der Waals surface area contributed by atoms with Gasteiger partial charge in [0.2, 0.25) is 11.8 Å². The molecule has 220 valence electrons. The number of carbonyl (C=O) groups excluding carboxylic acids is 4.